The molecular formula is C20H13NO6. The van der Waals surface area contributed by atoms with Crippen LogP contribution in [0.1, 0.15) is 60.3 Å². The largest absolute Gasteiger partial charge is 0.478 e. The summed E-state index contributed by atoms with van der Waals surface area (Å²) in [5.41, 5.74) is 0.0795. The molecule has 7 heteroatoms. The number of amides is 2. The van der Waals surface area contributed by atoms with Gasteiger partial charge in [-0.25, -0.2) is 14.5 Å². The molecule has 1 aliphatic heterocycles. The van der Waals surface area contributed by atoms with Gasteiger partial charge in [-0.3, -0.25) is 9.59 Å². The second-order valence-electron chi connectivity index (χ2n) is 5.74. The highest BCUT2D eigenvalue weighted by molar-refractivity contribution is 6.34. The Bertz CT molecular complexity index is 1040. The number of nitrogens with zero attached hydrogens (tertiary/aromatic N) is 1. The summed E-state index contributed by atoms with van der Waals surface area (Å²) in [5.74, 6) is 1.71. The molecule has 134 valence electrons. The normalized spacial score (nSPS) is 12.4. The maximum Gasteiger partial charge on any atom is 0.335 e. The number of aromatic carboxylic acids is 2. The molecule has 0 atom stereocenters. The molecule has 1 aliphatic rings. The molecule has 0 spiro atoms. The zero-order valence-corrected chi connectivity index (χ0v) is 14.1. The fourth-order valence-electron chi connectivity index (χ4n) is 2.73. The molecule has 0 saturated carbocycles. The van der Waals surface area contributed by atoms with Gasteiger partial charge in [0.25, 0.3) is 11.8 Å². The monoisotopic (exact) mass is 363 g/mol. The van der Waals surface area contributed by atoms with E-state index < -0.39 is 23.8 Å². The topological polar surface area (TPSA) is 112 Å². The lowest BCUT2D eigenvalue weighted by atomic mass is 10.1. The number of benzene rings is 2. The number of hydrogen-bond donors (Lipinski definition) is 2. The van der Waals surface area contributed by atoms with Crippen molar-refractivity contribution in [2.45, 2.75) is 13.3 Å². The van der Waals surface area contributed by atoms with Crippen molar-refractivity contribution >= 4 is 29.4 Å². The van der Waals surface area contributed by atoms with Gasteiger partial charge in [0.1, 0.15) is 0 Å². The number of carboxylic acids is 2. The van der Waals surface area contributed by atoms with E-state index in [1.54, 1.807) is 6.07 Å². The van der Waals surface area contributed by atoms with E-state index >= 15 is 0 Å². The molecule has 3 rings (SSSR count). The lowest BCUT2D eigenvalue weighted by molar-refractivity contribution is 0.0695. The number of fused-ring (bicyclic) bond motifs is 1. The van der Waals surface area contributed by atoms with Crippen molar-refractivity contribution in [1.29, 1.82) is 0 Å². The van der Waals surface area contributed by atoms with E-state index in [9.17, 15) is 29.4 Å². The number of carbonyl (C=O) groups is 4. The minimum Gasteiger partial charge on any atom is -0.478 e. The number of carboxylic acid groups (broad SMARTS) is 2. The first-order valence-corrected chi connectivity index (χ1v) is 7.97. The van der Waals surface area contributed by atoms with Gasteiger partial charge in [0.05, 0.1) is 27.9 Å². The highest BCUT2D eigenvalue weighted by atomic mass is 16.4. The second kappa shape index (κ2) is 6.77. The van der Waals surface area contributed by atoms with E-state index in [0.717, 1.165) is 23.1 Å². The number of imide groups is 1. The summed E-state index contributed by atoms with van der Waals surface area (Å²) in [6.45, 7) is 1.88. The van der Waals surface area contributed by atoms with Gasteiger partial charge in [0.2, 0.25) is 0 Å². The van der Waals surface area contributed by atoms with Gasteiger partial charge in [-0.15, -0.1) is 0 Å². The fourth-order valence-corrected chi connectivity index (χ4v) is 2.73. The van der Waals surface area contributed by atoms with Crippen molar-refractivity contribution in [3.63, 3.8) is 0 Å². The van der Waals surface area contributed by atoms with Crippen molar-refractivity contribution in [2.75, 3.05) is 4.90 Å². The fraction of sp³-hybridized carbons (Fsp3) is 0.100. The van der Waals surface area contributed by atoms with Crippen molar-refractivity contribution in [2.24, 2.45) is 0 Å². The predicted octanol–water partition coefficient (Wildman–Crippen LogP) is 2.65. The van der Waals surface area contributed by atoms with E-state index in [1.807, 2.05) is 6.92 Å². The van der Waals surface area contributed by atoms with Gasteiger partial charge in [-0.2, -0.15) is 0 Å². The SMILES string of the molecule is CCC#Cc1ccc2c(c1)C(=O)N(c1cc(C(=O)O)cc(C(=O)O)c1)C2=O. The van der Waals surface area contributed by atoms with Crippen LogP contribution in [-0.4, -0.2) is 34.0 Å². The number of carbonyl (C=O) groups excluding carboxylic acids is 2. The molecule has 0 aliphatic carbocycles. The second-order valence-corrected chi connectivity index (χ2v) is 5.74. The summed E-state index contributed by atoms with van der Waals surface area (Å²) in [6.07, 6.45) is 0.635. The Kier molecular flexibility index (Phi) is 4.48. The molecule has 2 aromatic carbocycles. The zero-order chi connectivity index (χ0) is 19.7. The highest BCUT2D eigenvalue weighted by Gasteiger charge is 2.37. The standard InChI is InChI=1S/C20H13NO6/c1-2-3-4-11-5-6-15-16(7-11)18(23)21(17(15)22)14-9-12(19(24)25)8-13(10-14)20(26)27/h5-10H,2H2,1H3,(H,24,25)(H,26,27). The van der Waals surface area contributed by atoms with E-state index in [4.69, 9.17) is 0 Å². The Morgan fingerprint density at radius 1 is 0.926 bits per heavy atom. The molecule has 0 aromatic heterocycles. The van der Waals surface area contributed by atoms with Crippen LogP contribution in [0.15, 0.2) is 36.4 Å². The first-order valence-electron chi connectivity index (χ1n) is 7.97. The predicted molar refractivity (Wildman–Crippen MR) is 95.1 cm³/mol. The van der Waals surface area contributed by atoms with Crippen LogP contribution >= 0.6 is 0 Å². The third kappa shape index (κ3) is 3.16. The summed E-state index contributed by atoms with van der Waals surface area (Å²) >= 11 is 0. The summed E-state index contributed by atoms with van der Waals surface area (Å²) in [4.78, 5) is 48.8. The summed E-state index contributed by atoms with van der Waals surface area (Å²) in [6, 6.07) is 7.74. The van der Waals surface area contributed by atoms with Crippen LogP contribution in [0.2, 0.25) is 0 Å². The van der Waals surface area contributed by atoms with Gasteiger partial charge < -0.3 is 10.2 Å². The third-order valence-electron chi connectivity index (χ3n) is 3.97. The molecule has 0 saturated heterocycles. The van der Waals surface area contributed by atoms with Crippen molar-refractivity contribution in [3.05, 3.63) is 64.2 Å². The molecule has 27 heavy (non-hydrogen) atoms. The lowest BCUT2D eigenvalue weighted by Crippen LogP contribution is -2.29. The molecule has 0 radical (unpaired) electrons. The third-order valence-corrected chi connectivity index (χ3v) is 3.97. The Hall–Kier alpha value is -3.92. The maximum absolute atomic E-state index is 12.8. The molecule has 2 aromatic rings. The number of rotatable bonds is 3. The van der Waals surface area contributed by atoms with E-state index in [0.29, 0.717) is 12.0 Å². The molecule has 2 amide bonds. The van der Waals surface area contributed by atoms with Crippen LogP contribution in [-0.2, 0) is 0 Å². The first kappa shape index (κ1) is 17.9. The zero-order valence-electron chi connectivity index (χ0n) is 14.1. The van der Waals surface area contributed by atoms with Crippen molar-refractivity contribution in [1.82, 2.24) is 0 Å². The van der Waals surface area contributed by atoms with Crippen molar-refractivity contribution < 1.29 is 29.4 Å². The molecule has 2 N–H and O–H groups in total. The highest BCUT2D eigenvalue weighted by Crippen LogP contribution is 2.30. The summed E-state index contributed by atoms with van der Waals surface area (Å²) < 4.78 is 0. The van der Waals surface area contributed by atoms with Gasteiger partial charge in [-0.05, 0) is 36.4 Å². The van der Waals surface area contributed by atoms with Crippen LogP contribution in [0.25, 0.3) is 0 Å². The molecule has 0 bridgehead atoms. The minimum atomic E-state index is -1.37. The van der Waals surface area contributed by atoms with Crippen molar-refractivity contribution in [3.8, 4) is 11.8 Å². The Labute approximate surface area is 153 Å². The first-order chi connectivity index (χ1) is 12.8. The maximum atomic E-state index is 12.8. The Morgan fingerprint density at radius 2 is 1.52 bits per heavy atom. The van der Waals surface area contributed by atoms with Crippen LogP contribution < -0.4 is 4.90 Å². The van der Waals surface area contributed by atoms with Crippen LogP contribution in [0.4, 0.5) is 5.69 Å². The average molecular weight is 363 g/mol. The Balaban J connectivity index is 2.11. The Morgan fingerprint density at radius 3 is 2.07 bits per heavy atom. The molecular weight excluding hydrogens is 350 g/mol. The molecule has 0 fully saturated rings. The van der Waals surface area contributed by atoms with Gasteiger partial charge in [-0.1, -0.05) is 18.8 Å². The number of anilines is 1. The quantitative estimate of drug-likeness (QED) is 0.640. The number of hydrogen-bond acceptors (Lipinski definition) is 4. The van der Waals surface area contributed by atoms with Gasteiger partial charge in [0, 0.05) is 12.0 Å². The summed E-state index contributed by atoms with van der Waals surface area (Å²) in [7, 11) is 0. The average Bonchev–Trinajstić information content (AvgIpc) is 2.89. The van der Waals surface area contributed by atoms with Gasteiger partial charge >= 0.3 is 11.9 Å². The lowest BCUT2D eigenvalue weighted by Gasteiger charge is -2.15. The van der Waals surface area contributed by atoms with Crippen LogP contribution in [0.5, 0.6) is 0 Å². The molecule has 7 nitrogen and oxygen atoms in total. The van der Waals surface area contributed by atoms with Crippen LogP contribution in [0, 0.1) is 11.8 Å². The van der Waals surface area contributed by atoms with E-state index in [2.05, 4.69) is 11.8 Å². The summed E-state index contributed by atoms with van der Waals surface area (Å²) in [5, 5.41) is 18.4. The van der Waals surface area contributed by atoms with Crippen LogP contribution in [0.3, 0.4) is 0 Å². The van der Waals surface area contributed by atoms with Gasteiger partial charge in [0.15, 0.2) is 0 Å². The molecule has 0 unspecified atom stereocenters. The minimum absolute atomic E-state index is 0.111. The molecule has 1 heterocycles. The smallest absolute Gasteiger partial charge is 0.335 e. The van der Waals surface area contributed by atoms with E-state index in [-0.39, 0.29) is 27.9 Å². The van der Waals surface area contributed by atoms with E-state index in [1.165, 1.54) is 12.1 Å².